The van der Waals surface area contributed by atoms with Crippen LogP contribution in [0.1, 0.15) is 5.56 Å². The normalized spacial score (nSPS) is 10.4. The Hall–Kier alpha value is -3.42. The summed E-state index contributed by atoms with van der Waals surface area (Å²) >= 11 is 0. The lowest BCUT2D eigenvalue weighted by atomic mass is 10.2. The Kier molecular flexibility index (Phi) is 7.11. The molecule has 0 aromatic heterocycles. The highest BCUT2D eigenvalue weighted by atomic mass is 19.1. The number of rotatable bonds is 8. The number of methoxy groups -OCH3 is 1. The molecule has 0 heterocycles. The first-order valence-electron chi connectivity index (χ1n) is 7.57. The summed E-state index contributed by atoms with van der Waals surface area (Å²) in [6, 6.07) is 12.3. The van der Waals surface area contributed by atoms with E-state index in [9.17, 15) is 14.0 Å². The van der Waals surface area contributed by atoms with Gasteiger partial charge in [0.2, 0.25) is 6.61 Å². The van der Waals surface area contributed by atoms with Crippen molar-refractivity contribution in [2.45, 2.75) is 0 Å². The molecule has 0 radical (unpaired) electrons. The highest BCUT2D eigenvalue weighted by molar-refractivity contribution is 5.92. The highest BCUT2D eigenvalue weighted by Gasteiger charge is 2.08. The van der Waals surface area contributed by atoms with E-state index >= 15 is 0 Å². The molecule has 2 aromatic rings. The summed E-state index contributed by atoms with van der Waals surface area (Å²) in [7, 11) is 1.57. The van der Waals surface area contributed by atoms with Crippen molar-refractivity contribution in [1.82, 2.24) is 0 Å². The summed E-state index contributed by atoms with van der Waals surface area (Å²) < 4.78 is 22.5. The van der Waals surface area contributed by atoms with Crippen molar-refractivity contribution < 1.29 is 28.3 Å². The molecule has 2 aromatic carbocycles. The first kappa shape index (κ1) is 18.9. The van der Waals surface area contributed by atoms with Crippen molar-refractivity contribution in [2.24, 2.45) is 5.16 Å². The molecule has 0 unspecified atom stereocenters. The molecule has 0 atom stereocenters. The fourth-order valence-electron chi connectivity index (χ4n) is 1.80. The van der Waals surface area contributed by atoms with Gasteiger partial charge in [-0.15, -0.1) is 0 Å². The van der Waals surface area contributed by atoms with Crippen LogP contribution in [0.3, 0.4) is 0 Å². The van der Waals surface area contributed by atoms with Gasteiger partial charge in [0.15, 0.2) is 6.61 Å². The Morgan fingerprint density at radius 2 is 1.77 bits per heavy atom. The van der Waals surface area contributed by atoms with Crippen molar-refractivity contribution >= 4 is 23.8 Å². The van der Waals surface area contributed by atoms with Gasteiger partial charge < -0.3 is 19.6 Å². The number of carbonyl (C=O) groups excluding carboxylic acids is 2. The number of carbonyl (C=O) groups is 2. The highest BCUT2D eigenvalue weighted by Crippen LogP contribution is 2.10. The van der Waals surface area contributed by atoms with Gasteiger partial charge in [-0.25, -0.2) is 9.18 Å². The number of hydrogen-bond donors (Lipinski definition) is 1. The third-order valence-electron chi connectivity index (χ3n) is 3.07. The molecule has 0 spiro atoms. The molecule has 0 aliphatic heterocycles. The second-order valence-electron chi connectivity index (χ2n) is 5.00. The fraction of sp³-hybridized carbons (Fsp3) is 0.167. The number of anilines is 1. The molecule has 0 saturated carbocycles. The Bertz CT molecular complexity index is 760. The standard InChI is InChI=1S/C18H17FN2O5/c1-24-16-8-2-13(3-9-16)10-20-26-12-18(23)25-11-17(22)21-15-6-4-14(19)5-7-15/h2-10H,11-12H2,1H3,(H,21,22)/b20-10-. The molecule has 136 valence electrons. The van der Waals surface area contributed by atoms with Crippen LogP contribution in [-0.2, 0) is 19.2 Å². The first-order chi connectivity index (χ1) is 12.6. The number of benzene rings is 2. The van der Waals surface area contributed by atoms with Crippen LogP contribution >= 0.6 is 0 Å². The number of oxime groups is 1. The molecular formula is C18H17FN2O5. The quantitative estimate of drug-likeness (QED) is 0.444. The smallest absolute Gasteiger partial charge is 0.347 e. The maximum absolute atomic E-state index is 12.8. The molecule has 0 saturated heterocycles. The SMILES string of the molecule is COc1ccc(/C=N\OCC(=O)OCC(=O)Nc2ccc(F)cc2)cc1. The van der Waals surface area contributed by atoms with Crippen molar-refractivity contribution in [3.8, 4) is 5.75 Å². The topological polar surface area (TPSA) is 86.2 Å². The average Bonchev–Trinajstić information content (AvgIpc) is 2.66. The van der Waals surface area contributed by atoms with Gasteiger partial charge in [-0.1, -0.05) is 5.16 Å². The van der Waals surface area contributed by atoms with Crippen molar-refractivity contribution in [1.29, 1.82) is 0 Å². The third kappa shape index (κ3) is 6.60. The molecule has 0 bridgehead atoms. The first-order valence-corrected chi connectivity index (χ1v) is 7.57. The Labute approximate surface area is 149 Å². The lowest BCUT2D eigenvalue weighted by Crippen LogP contribution is -2.22. The van der Waals surface area contributed by atoms with Crippen LogP contribution in [0.4, 0.5) is 10.1 Å². The van der Waals surface area contributed by atoms with E-state index in [0.717, 1.165) is 5.56 Å². The minimum Gasteiger partial charge on any atom is -0.497 e. The largest absolute Gasteiger partial charge is 0.497 e. The molecule has 8 heteroatoms. The van der Waals surface area contributed by atoms with E-state index in [2.05, 4.69) is 10.5 Å². The van der Waals surface area contributed by atoms with E-state index in [1.165, 1.54) is 30.5 Å². The van der Waals surface area contributed by atoms with Gasteiger partial charge in [-0.05, 0) is 54.1 Å². The molecule has 7 nitrogen and oxygen atoms in total. The second-order valence-corrected chi connectivity index (χ2v) is 5.00. The summed E-state index contributed by atoms with van der Waals surface area (Å²) in [5.74, 6) is -0.995. The summed E-state index contributed by atoms with van der Waals surface area (Å²) in [6.45, 7) is -0.918. The molecule has 1 amide bonds. The van der Waals surface area contributed by atoms with E-state index in [0.29, 0.717) is 11.4 Å². The second kappa shape index (κ2) is 9.77. The maximum Gasteiger partial charge on any atom is 0.347 e. The average molecular weight is 360 g/mol. The van der Waals surface area contributed by atoms with E-state index in [1.54, 1.807) is 31.4 Å². The van der Waals surface area contributed by atoms with Gasteiger partial charge in [-0.3, -0.25) is 4.79 Å². The van der Waals surface area contributed by atoms with Crippen LogP contribution < -0.4 is 10.1 Å². The molecule has 2 rings (SSSR count). The summed E-state index contributed by atoms with van der Waals surface area (Å²) in [4.78, 5) is 27.9. The van der Waals surface area contributed by atoms with E-state index in [1.807, 2.05) is 0 Å². The van der Waals surface area contributed by atoms with Crippen molar-refractivity contribution in [3.05, 3.63) is 59.9 Å². The monoisotopic (exact) mass is 360 g/mol. The number of amides is 1. The number of ether oxygens (including phenoxy) is 2. The Morgan fingerprint density at radius 3 is 2.42 bits per heavy atom. The summed E-state index contributed by atoms with van der Waals surface area (Å²) in [5, 5.41) is 6.10. The van der Waals surface area contributed by atoms with Crippen LogP contribution in [0.15, 0.2) is 53.7 Å². The molecule has 0 aliphatic carbocycles. The van der Waals surface area contributed by atoms with Gasteiger partial charge in [0.25, 0.3) is 5.91 Å². The number of esters is 1. The molecule has 0 fully saturated rings. The Morgan fingerprint density at radius 1 is 1.08 bits per heavy atom. The lowest BCUT2D eigenvalue weighted by Gasteiger charge is -2.06. The molecular weight excluding hydrogens is 343 g/mol. The fourth-order valence-corrected chi connectivity index (χ4v) is 1.80. The van der Waals surface area contributed by atoms with Crippen LogP contribution in [0.2, 0.25) is 0 Å². The number of halogens is 1. The zero-order chi connectivity index (χ0) is 18.8. The van der Waals surface area contributed by atoms with E-state index in [-0.39, 0.29) is 0 Å². The zero-order valence-corrected chi connectivity index (χ0v) is 14.0. The minimum atomic E-state index is -0.744. The van der Waals surface area contributed by atoms with Crippen LogP contribution in [0.25, 0.3) is 0 Å². The van der Waals surface area contributed by atoms with Gasteiger partial charge in [0.05, 0.1) is 13.3 Å². The number of hydrogen-bond acceptors (Lipinski definition) is 6. The van der Waals surface area contributed by atoms with Gasteiger partial charge >= 0.3 is 5.97 Å². The van der Waals surface area contributed by atoms with Crippen LogP contribution in [-0.4, -0.2) is 38.4 Å². The Balaban J connectivity index is 1.65. The summed E-state index contributed by atoms with van der Waals surface area (Å²) in [5.41, 5.74) is 1.16. The predicted molar refractivity (Wildman–Crippen MR) is 92.5 cm³/mol. The predicted octanol–water partition coefficient (Wildman–Crippen LogP) is 2.37. The van der Waals surface area contributed by atoms with Crippen molar-refractivity contribution in [3.63, 3.8) is 0 Å². The third-order valence-corrected chi connectivity index (χ3v) is 3.07. The molecule has 0 aliphatic rings. The van der Waals surface area contributed by atoms with Crippen molar-refractivity contribution in [2.75, 3.05) is 25.6 Å². The van der Waals surface area contributed by atoms with Gasteiger partial charge in [0.1, 0.15) is 11.6 Å². The van der Waals surface area contributed by atoms with Crippen LogP contribution in [0.5, 0.6) is 5.75 Å². The zero-order valence-electron chi connectivity index (χ0n) is 14.0. The minimum absolute atomic E-state index is 0.396. The van der Waals surface area contributed by atoms with E-state index < -0.39 is 30.9 Å². The van der Waals surface area contributed by atoms with Gasteiger partial charge in [0, 0.05) is 5.69 Å². The van der Waals surface area contributed by atoms with Gasteiger partial charge in [-0.2, -0.15) is 0 Å². The molecule has 26 heavy (non-hydrogen) atoms. The summed E-state index contributed by atoms with van der Waals surface area (Å²) in [6.07, 6.45) is 1.42. The van der Waals surface area contributed by atoms with Crippen LogP contribution in [0, 0.1) is 5.82 Å². The number of nitrogens with one attached hydrogen (secondary N) is 1. The molecule has 1 N–H and O–H groups in total. The lowest BCUT2D eigenvalue weighted by molar-refractivity contribution is -0.151. The number of nitrogens with zero attached hydrogens (tertiary/aromatic N) is 1. The maximum atomic E-state index is 12.8. The van der Waals surface area contributed by atoms with E-state index in [4.69, 9.17) is 14.3 Å².